The van der Waals surface area contributed by atoms with E-state index in [0.29, 0.717) is 23.5 Å². The molecule has 0 atom stereocenters. The number of carbonyl (C=O) groups is 2. The Morgan fingerprint density at radius 1 is 1.30 bits per heavy atom. The van der Waals surface area contributed by atoms with E-state index in [2.05, 4.69) is 5.32 Å². The summed E-state index contributed by atoms with van der Waals surface area (Å²) in [5, 5.41) is 14.3. The Bertz CT molecular complexity index is 1050. The van der Waals surface area contributed by atoms with Gasteiger partial charge in [0, 0.05) is 17.5 Å². The van der Waals surface area contributed by atoms with Crippen molar-refractivity contribution in [1.82, 2.24) is 0 Å². The largest absolute Gasteiger partial charge is 0.496 e. The van der Waals surface area contributed by atoms with Gasteiger partial charge in [-0.2, -0.15) is 0 Å². The molecular formula is C21H23N3O5S. The highest BCUT2D eigenvalue weighted by Crippen LogP contribution is 2.46. The van der Waals surface area contributed by atoms with E-state index in [9.17, 15) is 19.7 Å². The van der Waals surface area contributed by atoms with Gasteiger partial charge >= 0.3 is 0 Å². The second-order valence-corrected chi connectivity index (χ2v) is 8.22. The average Bonchev–Trinajstić information content (AvgIpc) is 2.91. The molecule has 0 unspecified atom stereocenters. The Kier molecular flexibility index (Phi) is 5.76. The number of fused-ring (bicyclic) bond motifs is 1. The van der Waals surface area contributed by atoms with Crippen LogP contribution in [0.15, 0.2) is 35.2 Å². The number of hydrogen-bond acceptors (Lipinski definition) is 6. The summed E-state index contributed by atoms with van der Waals surface area (Å²) in [6, 6.07) is 8.01. The first-order valence-corrected chi connectivity index (χ1v) is 10.6. The third-order valence-electron chi connectivity index (χ3n) is 5.27. The molecule has 0 spiro atoms. The normalized spacial score (nSPS) is 14.4. The molecule has 30 heavy (non-hydrogen) atoms. The molecule has 0 aliphatic carbocycles. The molecule has 1 aliphatic rings. The second-order valence-electron chi connectivity index (χ2n) is 7.34. The van der Waals surface area contributed by atoms with Gasteiger partial charge in [-0.05, 0) is 56.9 Å². The summed E-state index contributed by atoms with van der Waals surface area (Å²) in [7, 11) is 1.46. The number of ether oxygens (including phenoxy) is 1. The number of likely N-dealkylation sites (N-methyl/N-ethyl adjacent to an activating group) is 1. The van der Waals surface area contributed by atoms with Gasteiger partial charge in [-0.25, -0.2) is 0 Å². The van der Waals surface area contributed by atoms with Crippen molar-refractivity contribution in [3.8, 4) is 5.75 Å². The third-order valence-corrected chi connectivity index (χ3v) is 6.00. The fourth-order valence-electron chi connectivity index (χ4n) is 3.60. The molecular weight excluding hydrogens is 406 g/mol. The summed E-state index contributed by atoms with van der Waals surface area (Å²) in [6.45, 7) is 5.75. The van der Waals surface area contributed by atoms with Crippen molar-refractivity contribution in [3.63, 3.8) is 0 Å². The van der Waals surface area contributed by atoms with Gasteiger partial charge < -0.3 is 15.0 Å². The van der Waals surface area contributed by atoms with Crippen LogP contribution in [0.4, 0.5) is 17.1 Å². The maximum atomic E-state index is 12.9. The number of nitrogens with one attached hydrogen (secondary N) is 1. The average molecular weight is 429 g/mol. The van der Waals surface area contributed by atoms with E-state index in [4.69, 9.17) is 4.74 Å². The lowest BCUT2D eigenvalue weighted by atomic mass is 9.85. The van der Waals surface area contributed by atoms with Crippen molar-refractivity contribution in [3.05, 3.63) is 51.6 Å². The first kappa shape index (κ1) is 21.6. The van der Waals surface area contributed by atoms with Crippen LogP contribution in [0, 0.1) is 10.1 Å². The maximum absolute atomic E-state index is 12.9. The number of anilines is 2. The van der Waals surface area contributed by atoms with Gasteiger partial charge in [-0.3, -0.25) is 19.7 Å². The zero-order chi connectivity index (χ0) is 22.2. The van der Waals surface area contributed by atoms with Crippen LogP contribution in [0.2, 0.25) is 0 Å². The van der Waals surface area contributed by atoms with E-state index < -0.39 is 16.2 Å². The fourth-order valence-corrected chi connectivity index (χ4v) is 4.03. The van der Waals surface area contributed by atoms with Crippen LogP contribution in [0.25, 0.3) is 0 Å². The topological polar surface area (TPSA) is 102 Å². The molecule has 0 radical (unpaired) electrons. The number of nitro groups is 1. The monoisotopic (exact) mass is 429 g/mol. The van der Waals surface area contributed by atoms with Gasteiger partial charge in [0.25, 0.3) is 11.6 Å². The van der Waals surface area contributed by atoms with Gasteiger partial charge in [0.15, 0.2) is 0 Å². The van der Waals surface area contributed by atoms with Crippen molar-refractivity contribution < 1.29 is 19.2 Å². The third kappa shape index (κ3) is 3.49. The van der Waals surface area contributed by atoms with Crippen LogP contribution in [0.5, 0.6) is 5.75 Å². The number of benzene rings is 2. The number of amides is 2. The Balaban J connectivity index is 2.07. The van der Waals surface area contributed by atoms with Crippen molar-refractivity contribution in [2.24, 2.45) is 0 Å². The minimum Gasteiger partial charge on any atom is -0.496 e. The zero-order valence-corrected chi connectivity index (χ0v) is 18.3. The van der Waals surface area contributed by atoms with Crippen LogP contribution in [0.3, 0.4) is 0 Å². The van der Waals surface area contributed by atoms with E-state index >= 15 is 0 Å². The van der Waals surface area contributed by atoms with E-state index in [1.54, 1.807) is 32.0 Å². The molecule has 1 aliphatic heterocycles. The molecule has 2 aromatic rings. The molecule has 0 bridgehead atoms. The van der Waals surface area contributed by atoms with Crippen LogP contribution in [-0.2, 0) is 10.2 Å². The second kappa shape index (κ2) is 7.98. The SMILES string of the molecule is CCN1C(=O)C(C)(C)c2cc(NC(=O)c3ccc(SC)cc3OC)c([N+](=O)[O-])cc21. The minimum absolute atomic E-state index is 0.0403. The molecule has 9 heteroatoms. The van der Waals surface area contributed by atoms with Crippen molar-refractivity contribution in [2.75, 3.05) is 30.1 Å². The standard InChI is InChI=1S/C21H23N3O5S/c1-6-23-16-11-17(24(27)28)15(10-14(16)21(2,3)20(23)26)22-19(25)13-8-7-12(30-5)9-18(13)29-4/h7-11H,6H2,1-5H3,(H,22,25). The van der Waals surface area contributed by atoms with Crippen molar-refractivity contribution >= 4 is 40.6 Å². The lowest BCUT2D eigenvalue weighted by Crippen LogP contribution is -2.35. The van der Waals surface area contributed by atoms with Crippen LogP contribution >= 0.6 is 11.8 Å². The van der Waals surface area contributed by atoms with E-state index in [1.807, 2.05) is 13.2 Å². The minimum atomic E-state index is -0.850. The lowest BCUT2D eigenvalue weighted by molar-refractivity contribution is -0.383. The molecule has 158 valence electrons. The molecule has 1 heterocycles. The summed E-state index contributed by atoms with van der Waals surface area (Å²) in [6.07, 6.45) is 1.91. The number of thioether (sulfide) groups is 1. The highest BCUT2D eigenvalue weighted by atomic mass is 32.2. The first-order valence-electron chi connectivity index (χ1n) is 9.34. The molecule has 0 saturated heterocycles. The molecule has 3 rings (SSSR count). The fraction of sp³-hybridized carbons (Fsp3) is 0.333. The summed E-state index contributed by atoms with van der Waals surface area (Å²) in [5.41, 5.74) is 0.316. The zero-order valence-electron chi connectivity index (χ0n) is 17.4. The Labute approximate surface area is 178 Å². The highest BCUT2D eigenvalue weighted by Gasteiger charge is 2.44. The molecule has 2 amide bonds. The van der Waals surface area contributed by atoms with E-state index in [0.717, 1.165) is 4.90 Å². The Morgan fingerprint density at radius 3 is 2.57 bits per heavy atom. The first-order chi connectivity index (χ1) is 14.1. The predicted molar refractivity (Wildman–Crippen MR) is 117 cm³/mol. The molecule has 0 aromatic heterocycles. The van der Waals surface area contributed by atoms with Gasteiger partial charge in [0.2, 0.25) is 5.91 Å². The molecule has 1 N–H and O–H groups in total. The lowest BCUT2D eigenvalue weighted by Gasteiger charge is -2.18. The summed E-state index contributed by atoms with van der Waals surface area (Å²) in [5.74, 6) is -0.292. The quantitative estimate of drug-likeness (QED) is 0.419. The summed E-state index contributed by atoms with van der Waals surface area (Å²) in [4.78, 5) is 39.3. The molecule has 2 aromatic carbocycles. The van der Waals surface area contributed by atoms with Crippen LogP contribution < -0.4 is 15.0 Å². The number of hydrogen-bond donors (Lipinski definition) is 1. The highest BCUT2D eigenvalue weighted by molar-refractivity contribution is 7.98. The van der Waals surface area contributed by atoms with Crippen molar-refractivity contribution in [2.45, 2.75) is 31.1 Å². The van der Waals surface area contributed by atoms with E-state index in [-0.39, 0.29) is 22.8 Å². The van der Waals surface area contributed by atoms with Crippen molar-refractivity contribution in [1.29, 1.82) is 0 Å². The Hall–Kier alpha value is -3.07. The smallest absolute Gasteiger partial charge is 0.294 e. The predicted octanol–water partition coefficient (Wildman–Crippen LogP) is 4.22. The van der Waals surface area contributed by atoms with Gasteiger partial charge in [-0.1, -0.05) is 0 Å². The molecule has 0 fully saturated rings. The number of nitro benzene ring substituents is 1. The van der Waals surface area contributed by atoms with Gasteiger partial charge in [-0.15, -0.1) is 11.8 Å². The number of nitrogens with zero attached hydrogens (tertiary/aromatic N) is 2. The van der Waals surface area contributed by atoms with Crippen LogP contribution in [-0.4, -0.2) is 36.6 Å². The number of rotatable bonds is 6. The molecule has 8 nitrogen and oxygen atoms in total. The maximum Gasteiger partial charge on any atom is 0.294 e. The number of methoxy groups -OCH3 is 1. The summed E-state index contributed by atoms with van der Waals surface area (Å²) >= 11 is 1.51. The van der Waals surface area contributed by atoms with E-state index in [1.165, 1.54) is 35.9 Å². The molecule has 0 saturated carbocycles. The van der Waals surface area contributed by atoms with Gasteiger partial charge in [0.1, 0.15) is 11.4 Å². The Morgan fingerprint density at radius 2 is 2.00 bits per heavy atom. The van der Waals surface area contributed by atoms with Crippen LogP contribution in [0.1, 0.15) is 36.7 Å². The number of carbonyl (C=O) groups excluding carboxylic acids is 2. The summed E-state index contributed by atoms with van der Waals surface area (Å²) < 4.78 is 5.31. The van der Waals surface area contributed by atoms with Gasteiger partial charge in [0.05, 0.1) is 28.7 Å².